The molecule has 2 atom stereocenters. The molecule has 7 heteroatoms. The number of thiazole rings is 1. The van der Waals surface area contributed by atoms with Gasteiger partial charge < -0.3 is 14.2 Å². The molecule has 1 saturated heterocycles. The minimum Gasteiger partial charge on any atom is -0.482 e. The predicted octanol–water partition coefficient (Wildman–Crippen LogP) is 4.00. The summed E-state index contributed by atoms with van der Waals surface area (Å²) in [7, 11) is 1.35. The van der Waals surface area contributed by atoms with E-state index in [1.165, 1.54) is 17.7 Å². The molecule has 1 aliphatic heterocycles. The van der Waals surface area contributed by atoms with Crippen molar-refractivity contribution in [2.24, 2.45) is 0 Å². The van der Waals surface area contributed by atoms with Gasteiger partial charge in [0.1, 0.15) is 11.9 Å². The number of carbonyl (C=O) groups is 1. The van der Waals surface area contributed by atoms with Gasteiger partial charge in [-0.05, 0) is 23.6 Å². The van der Waals surface area contributed by atoms with E-state index in [0.29, 0.717) is 17.6 Å². The number of esters is 1. The van der Waals surface area contributed by atoms with Gasteiger partial charge in [0, 0.05) is 30.9 Å². The van der Waals surface area contributed by atoms with Crippen LogP contribution >= 0.6 is 11.3 Å². The molecular weight excluding hydrogens is 388 g/mol. The molecule has 29 heavy (non-hydrogen) atoms. The second-order valence-electron chi connectivity index (χ2n) is 7.72. The Kier molecular flexibility index (Phi) is 7.64. The van der Waals surface area contributed by atoms with Crippen molar-refractivity contribution >= 4 is 17.3 Å². The monoisotopic (exact) mass is 418 g/mol. The molecule has 1 aliphatic rings. The maximum absolute atomic E-state index is 11.2. The van der Waals surface area contributed by atoms with E-state index in [1.807, 2.05) is 12.1 Å². The van der Waals surface area contributed by atoms with Crippen molar-refractivity contribution in [1.82, 2.24) is 9.88 Å². The highest BCUT2D eigenvalue weighted by atomic mass is 32.1. The number of carbonyl (C=O) groups excluding carboxylic acids is 1. The average Bonchev–Trinajstić information content (AvgIpc) is 3.23. The van der Waals surface area contributed by atoms with Gasteiger partial charge in [-0.25, -0.2) is 9.78 Å². The first kappa shape index (κ1) is 21.7. The molecule has 0 N–H and O–H groups in total. The number of rotatable bonds is 8. The maximum Gasteiger partial charge on any atom is 0.343 e. The summed E-state index contributed by atoms with van der Waals surface area (Å²) < 4.78 is 16.0. The van der Waals surface area contributed by atoms with Gasteiger partial charge in [0.2, 0.25) is 0 Å². The zero-order valence-corrected chi connectivity index (χ0v) is 18.4. The Hall–Kier alpha value is -1.96. The third-order valence-corrected chi connectivity index (χ3v) is 6.24. The van der Waals surface area contributed by atoms with Crippen molar-refractivity contribution in [3.63, 3.8) is 0 Å². The molecule has 0 saturated carbocycles. The lowest BCUT2D eigenvalue weighted by molar-refractivity contribution is -0.142. The third-order valence-electron chi connectivity index (χ3n) is 5.08. The van der Waals surface area contributed by atoms with E-state index < -0.39 is 0 Å². The van der Waals surface area contributed by atoms with Crippen LogP contribution < -0.4 is 4.74 Å². The summed E-state index contributed by atoms with van der Waals surface area (Å²) in [6, 6.07) is 7.92. The van der Waals surface area contributed by atoms with Gasteiger partial charge in [0.25, 0.3) is 0 Å². The van der Waals surface area contributed by atoms with Crippen LogP contribution in [0.4, 0.5) is 0 Å². The van der Waals surface area contributed by atoms with Crippen molar-refractivity contribution in [3.05, 3.63) is 45.9 Å². The molecule has 1 aromatic heterocycles. The number of aromatic nitrogens is 1. The summed E-state index contributed by atoms with van der Waals surface area (Å²) in [6.07, 6.45) is 0.0498. The normalized spacial score (nSPS) is 18.6. The Morgan fingerprint density at radius 1 is 1.31 bits per heavy atom. The number of hydrogen-bond acceptors (Lipinski definition) is 7. The van der Waals surface area contributed by atoms with Crippen LogP contribution in [0.1, 0.15) is 55.0 Å². The second-order valence-corrected chi connectivity index (χ2v) is 8.61. The van der Waals surface area contributed by atoms with E-state index in [2.05, 4.69) is 47.9 Å². The molecule has 158 valence electrons. The van der Waals surface area contributed by atoms with Crippen LogP contribution in [0.25, 0.3) is 0 Å². The van der Waals surface area contributed by atoms with E-state index in [4.69, 9.17) is 14.5 Å². The van der Waals surface area contributed by atoms with Crippen molar-refractivity contribution in [2.45, 2.75) is 38.7 Å². The van der Waals surface area contributed by atoms with Crippen LogP contribution in [-0.4, -0.2) is 55.8 Å². The summed E-state index contributed by atoms with van der Waals surface area (Å²) in [5.74, 6) is 1.12. The summed E-state index contributed by atoms with van der Waals surface area (Å²) >= 11 is 1.72. The zero-order chi connectivity index (χ0) is 20.8. The number of morpholine rings is 1. The van der Waals surface area contributed by atoms with Gasteiger partial charge in [0.15, 0.2) is 6.61 Å². The maximum atomic E-state index is 11.2. The van der Waals surface area contributed by atoms with Crippen molar-refractivity contribution in [1.29, 1.82) is 0 Å². The molecule has 0 aliphatic carbocycles. The molecule has 0 bridgehead atoms. The van der Waals surface area contributed by atoms with Crippen molar-refractivity contribution in [2.75, 3.05) is 40.0 Å². The SMILES string of the molecule is COC(=O)COc1ccc(C(C)CN2CCOC(c3csc(C(C)C)n3)C2)cc1. The summed E-state index contributed by atoms with van der Waals surface area (Å²) in [5, 5.41) is 3.31. The van der Waals surface area contributed by atoms with Gasteiger partial charge in [-0.15, -0.1) is 11.3 Å². The molecule has 3 rings (SSSR count). The van der Waals surface area contributed by atoms with Gasteiger partial charge in [0.05, 0.1) is 24.4 Å². The zero-order valence-electron chi connectivity index (χ0n) is 17.6. The van der Waals surface area contributed by atoms with Crippen LogP contribution in [0.3, 0.4) is 0 Å². The standard InChI is InChI=1S/C22H30N2O4S/c1-15(2)22-23-19(14-29-22)20-12-24(9-10-27-20)11-16(3)17-5-7-18(8-6-17)28-13-21(25)26-4/h5-8,14-16,20H,9-13H2,1-4H3. The van der Waals surface area contributed by atoms with Crippen LogP contribution in [-0.2, 0) is 14.3 Å². The van der Waals surface area contributed by atoms with Gasteiger partial charge in [-0.3, -0.25) is 4.90 Å². The number of nitrogens with zero attached hydrogens (tertiary/aromatic N) is 2. The first-order chi connectivity index (χ1) is 14.0. The minimum atomic E-state index is -0.384. The number of benzene rings is 1. The van der Waals surface area contributed by atoms with Crippen molar-refractivity contribution < 1.29 is 19.0 Å². The Bertz CT molecular complexity index is 790. The molecule has 2 heterocycles. The summed E-state index contributed by atoms with van der Waals surface area (Å²) in [6.45, 7) is 9.99. The number of methoxy groups -OCH3 is 1. The van der Waals surface area contributed by atoms with Crippen molar-refractivity contribution in [3.8, 4) is 5.75 Å². The lowest BCUT2D eigenvalue weighted by Gasteiger charge is -2.34. The molecule has 2 unspecified atom stereocenters. The molecule has 1 fully saturated rings. The van der Waals surface area contributed by atoms with Crippen LogP contribution in [0, 0.1) is 0 Å². The fourth-order valence-corrected chi connectivity index (χ4v) is 4.22. The first-order valence-electron chi connectivity index (χ1n) is 10.0. The Morgan fingerprint density at radius 3 is 2.72 bits per heavy atom. The van der Waals surface area contributed by atoms with Gasteiger partial charge in [-0.2, -0.15) is 0 Å². The highest BCUT2D eigenvalue weighted by molar-refractivity contribution is 7.09. The molecule has 0 spiro atoms. The first-order valence-corrected chi connectivity index (χ1v) is 10.9. The topological polar surface area (TPSA) is 60.9 Å². The largest absolute Gasteiger partial charge is 0.482 e. The third kappa shape index (κ3) is 6.01. The van der Waals surface area contributed by atoms with E-state index in [1.54, 1.807) is 11.3 Å². The predicted molar refractivity (Wildman–Crippen MR) is 114 cm³/mol. The quantitative estimate of drug-likeness (QED) is 0.604. The smallest absolute Gasteiger partial charge is 0.343 e. The molecular formula is C22H30N2O4S. The Balaban J connectivity index is 1.54. The molecule has 1 aromatic carbocycles. The summed E-state index contributed by atoms with van der Waals surface area (Å²) in [5.41, 5.74) is 2.30. The van der Waals surface area contributed by atoms with E-state index >= 15 is 0 Å². The summed E-state index contributed by atoms with van der Waals surface area (Å²) in [4.78, 5) is 18.4. The molecule has 6 nitrogen and oxygen atoms in total. The highest BCUT2D eigenvalue weighted by Gasteiger charge is 2.25. The van der Waals surface area contributed by atoms with E-state index in [9.17, 15) is 4.79 Å². The van der Waals surface area contributed by atoms with E-state index in [-0.39, 0.29) is 18.7 Å². The lowest BCUT2D eigenvalue weighted by Crippen LogP contribution is -2.40. The highest BCUT2D eigenvalue weighted by Crippen LogP contribution is 2.28. The van der Waals surface area contributed by atoms with Crippen LogP contribution in [0.2, 0.25) is 0 Å². The minimum absolute atomic E-state index is 0.0498. The van der Waals surface area contributed by atoms with Gasteiger partial charge in [-0.1, -0.05) is 32.9 Å². The fraction of sp³-hybridized carbons (Fsp3) is 0.545. The number of hydrogen-bond donors (Lipinski definition) is 0. The van der Waals surface area contributed by atoms with Crippen LogP contribution in [0.15, 0.2) is 29.6 Å². The Morgan fingerprint density at radius 2 is 2.07 bits per heavy atom. The fourth-order valence-electron chi connectivity index (χ4n) is 3.35. The molecule has 2 aromatic rings. The van der Waals surface area contributed by atoms with E-state index in [0.717, 1.165) is 31.9 Å². The van der Waals surface area contributed by atoms with Crippen LogP contribution in [0.5, 0.6) is 5.75 Å². The van der Waals surface area contributed by atoms with Gasteiger partial charge >= 0.3 is 5.97 Å². The molecule has 0 radical (unpaired) electrons. The lowest BCUT2D eigenvalue weighted by atomic mass is 10.00. The second kappa shape index (κ2) is 10.2. The average molecular weight is 419 g/mol. The molecule has 0 amide bonds. The Labute approximate surface area is 176 Å². The number of ether oxygens (including phenoxy) is 3.